The third-order valence-corrected chi connectivity index (χ3v) is 5.60. The molecule has 3 rings (SSSR count). The van der Waals surface area contributed by atoms with Crippen molar-refractivity contribution in [2.24, 2.45) is 0 Å². The Morgan fingerprint density at radius 1 is 1.52 bits per heavy atom. The molecule has 0 unspecified atom stereocenters. The van der Waals surface area contributed by atoms with E-state index in [9.17, 15) is 4.79 Å². The predicted octanol–water partition coefficient (Wildman–Crippen LogP) is 3.50. The number of aromatic nitrogens is 1. The van der Waals surface area contributed by atoms with Crippen LogP contribution in [0, 0.1) is 0 Å². The van der Waals surface area contributed by atoms with Gasteiger partial charge >= 0.3 is 0 Å². The number of fused-ring (bicyclic) bond motifs is 1. The molecule has 1 amide bonds. The zero-order chi connectivity index (χ0) is 14.8. The lowest BCUT2D eigenvalue weighted by molar-refractivity contribution is 0.0651. The highest BCUT2D eigenvalue weighted by Crippen LogP contribution is 2.36. The molecule has 0 spiro atoms. The van der Waals surface area contributed by atoms with Gasteiger partial charge in [-0.05, 0) is 29.9 Å². The Kier molecular flexibility index (Phi) is 4.37. The average molecular weight is 322 g/mol. The summed E-state index contributed by atoms with van der Waals surface area (Å²) in [4.78, 5) is 20.5. The minimum Gasteiger partial charge on any atom is -0.378 e. The standard InChI is InChI=1S/C15H18N2O2S2/c1-3-12-10-5-7-20-13(10)4-6-17(12)15(18)11-9-21-14(16-11)8-19-2/h5,7,9,12H,3-4,6,8H2,1-2H3/t12-/m1/s1. The van der Waals surface area contributed by atoms with Crippen molar-refractivity contribution in [2.75, 3.05) is 13.7 Å². The number of carbonyl (C=O) groups excluding carboxylic acids is 1. The van der Waals surface area contributed by atoms with Gasteiger partial charge in [-0.25, -0.2) is 4.98 Å². The number of nitrogens with zero attached hydrogens (tertiary/aromatic N) is 2. The SMILES string of the molecule is CC[C@@H]1c2ccsc2CCN1C(=O)c1csc(COC)n1. The first-order valence-corrected chi connectivity index (χ1v) is 8.81. The molecule has 0 saturated heterocycles. The van der Waals surface area contributed by atoms with Gasteiger partial charge in [0.1, 0.15) is 10.7 Å². The Labute approximate surface area is 132 Å². The van der Waals surface area contributed by atoms with Crippen molar-refractivity contribution >= 4 is 28.6 Å². The number of ether oxygens (including phenoxy) is 1. The number of rotatable bonds is 4. The van der Waals surface area contributed by atoms with E-state index in [4.69, 9.17) is 4.74 Å². The zero-order valence-corrected chi connectivity index (χ0v) is 13.8. The van der Waals surface area contributed by atoms with Crippen molar-refractivity contribution in [3.63, 3.8) is 0 Å². The number of thiazole rings is 1. The van der Waals surface area contributed by atoms with Gasteiger partial charge in [0.2, 0.25) is 0 Å². The van der Waals surface area contributed by atoms with Crippen LogP contribution < -0.4 is 0 Å². The van der Waals surface area contributed by atoms with Crippen LogP contribution in [0.4, 0.5) is 0 Å². The van der Waals surface area contributed by atoms with Gasteiger partial charge in [-0.2, -0.15) is 0 Å². The van der Waals surface area contributed by atoms with Gasteiger partial charge in [0.25, 0.3) is 5.91 Å². The Hall–Kier alpha value is -1.24. The number of carbonyl (C=O) groups is 1. The normalized spacial score (nSPS) is 17.8. The summed E-state index contributed by atoms with van der Waals surface area (Å²) in [5.74, 6) is 0.0392. The van der Waals surface area contributed by atoms with Crippen LogP contribution in [0.15, 0.2) is 16.8 Å². The first kappa shape index (κ1) is 14.7. The van der Waals surface area contributed by atoms with E-state index < -0.39 is 0 Å². The van der Waals surface area contributed by atoms with Crippen LogP contribution in [0.1, 0.15) is 45.3 Å². The third-order valence-electron chi connectivity index (χ3n) is 3.78. The van der Waals surface area contributed by atoms with Crippen LogP contribution in [0.2, 0.25) is 0 Å². The van der Waals surface area contributed by atoms with Crippen molar-refractivity contribution < 1.29 is 9.53 Å². The number of methoxy groups -OCH3 is 1. The first-order chi connectivity index (χ1) is 10.2. The molecule has 6 heteroatoms. The maximum Gasteiger partial charge on any atom is 0.273 e. The molecule has 21 heavy (non-hydrogen) atoms. The minimum absolute atomic E-state index is 0.0392. The number of amides is 1. The fraction of sp³-hybridized carbons (Fsp3) is 0.467. The van der Waals surface area contributed by atoms with Crippen molar-refractivity contribution in [3.8, 4) is 0 Å². The van der Waals surface area contributed by atoms with E-state index in [-0.39, 0.29) is 11.9 Å². The summed E-state index contributed by atoms with van der Waals surface area (Å²) in [6.07, 6.45) is 1.88. The number of hydrogen-bond donors (Lipinski definition) is 0. The van der Waals surface area contributed by atoms with E-state index in [1.807, 2.05) is 10.3 Å². The van der Waals surface area contributed by atoms with Crippen molar-refractivity contribution in [1.82, 2.24) is 9.88 Å². The topological polar surface area (TPSA) is 42.4 Å². The zero-order valence-electron chi connectivity index (χ0n) is 12.2. The van der Waals surface area contributed by atoms with Gasteiger partial charge in [-0.15, -0.1) is 22.7 Å². The molecule has 0 fully saturated rings. The summed E-state index contributed by atoms with van der Waals surface area (Å²) >= 11 is 3.28. The molecule has 0 bridgehead atoms. The highest BCUT2D eigenvalue weighted by Gasteiger charge is 2.31. The second kappa shape index (κ2) is 6.25. The largest absolute Gasteiger partial charge is 0.378 e. The summed E-state index contributed by atoms with van der Waals surface area (Å²) in [7, 11) is 1.64. The molecule has 0 radical (unpaired) electrons. The van der Waals surface area contributed by atoms with E-state index >= 15 is 0 Å². The molecule has 0 aliphatic carbocycles. The number of hydrogen-bond acceptors (Lipinski definition) is 5. The van der Waals surface area contributed by atoms with Crippen molar-refractivity contribution in [2.45, 2.75) is 32.4 Å². The van der Waals surface area contributed by atoms with E-state index in [1.54, 1.807) is 18.4 Å². The van der Waals surface area contributed by atoms with Crippen LogP contribution in [-0.4, -0.2) is 29.4 Å². The molecule has 1 aliphatic heterocycles. The molecule has 0 saturated carbocycles. The van der Waals surface area contributed by atoms with E-state index in [0.717, 1.165) is 24.4 Å². The summed E-state index contributed by atoms with van der Waals surface area (Å²) < 4.78 is 5.07. The Balaban J connectivity index is 1.83. The molecule has 112 valence electrons. The number of thiophene rings is 1. The van der Waals surface area contributed by atoms with E-state index in [0.29, 0.717) is 12.3 Å². The lowest BCUT2D eigenvalue weighted by Crippen LogP contribution is -2.39. The molecular formula is C15H18N2O2S2. The second-order valence-electron chi connectivity index (χ2n) is 5.03. The highest BCUT2D eigenvalue weighted by molar-refractivity contribution is 7.10. The minimum atomic E-state index is 0.0392. The molecule has 3 heterocycles. The van der Waals surface area contributed by atoms with Gasteiger partial charge in [0.05, 0.1) is 12.6 Å². The molecular weight excluding hydrogens is 304 g/mol. The maximum absolute atomic E-state index is 12.8. The fourth-order valence-electron chi connectivity index (χ4n) is 2.83. The van der Waals surface area contributed by atoms with Crippen molar-refractivity contribution in [1.29, 1.82) is 0 Å². The lowest BCUT2D eigenvalue weighted by atomic mass is 9.97. The Morgan fingerprint density at radius 2 is 2.38 bits per heavy atom. The monoisotopic (exact) mass is 322 g/mol. The van der Waals surface area contributed by atoms with Crippen LogP contribution >= 0.6 is 22.7 Å². The lowest BCUT2D eigenvalue weighted by Gasteiger charge is -2.35. The molecule has 4 nitrogen and oxygen atoms in total. The molecule has 1 aliphatic rings. The quantitative estimate of drug-likeness (QED) is 0.865. The first-order valence-electron chi connectivity index (χ1n) is 7.05. The van der Waals surface area contributed by atoms with Gasteiger partial charge in [-0.1, -0.05) is 6.92 Å². The Bertz CT molecular complexity index is 635. The molecule has 1 atom stereocenters. The smallest absolute Gasteiger partial charge is 0.273 e. The van der Waals surface area contributed by atoms with Crippen LogP contribution in [-0.2, 0) is 17.8 Å². The van der Waals surface area contributed by atoms with Gasteiger partial charge in [-0.3, -0.25) is 4.79 Å². The van der Waals surface area contributed by atoms with Crippen LogP contribution in [0.25, 0.3) is 0 Å². The van der Waals surface area contributed by atoms with Gasteiger partial charge in [0.15, 0.2) is 0 Å². The van der Waals surface area contributed by atoms with E-state index in [2.05, 4.69) is 23.4 Å². The predicted molar refractivity (Wildman–Crippen MR) is 84.9 cm³/mol. The summed E-state index contributed by atoms with van der Waals surface area (Å²) in [5, 5.41) is 4.81. The fourth-order valence-corrected chi connectivity index (χ4v) is 4.49. The Morgan fingerprint density at radius 3 is 3.14 bits per heavy atom. The molecule has 2 aromatic heterocycles. The molecule has 0 aromatic carbocycles. The third kappa shape index (κ3) is 2.75. The summed E-state index contributed by atoms with van der Waals surface area (Å²) in [5.41, 5.74) is 1.86. The van der Waals surface area contributed by atoms with E-state index in [1.165, 1.54) is 21.8 Å². The van der Waals surface area contributed by atoms with Crippen LogP contribution in [0.5, 0.6) is 0 Å². The van der Waals surface area contributed by atoms with Gasteiger partial charge in [0, 0.05) is 23.9 Å². The summed E-state index contributed by atoms with van der Waals surface area (Å²) in [6.45, 7) is 3.38. The second-order valence-corrected chi connectivity index (χ2v) is 6.97. The van der Waals surface area contributed by atoms with Gasteiger partial charge < -0.3 is 9.64 Å². The van der Waals surface area contributed by atoms with Crippen LogP contribution in [0.3, 0.4) is 0 Å². The molecule has 2 aromatic rings. The van der Waals surface area contributed by atoms with Crippen molar-refractivity contribution in [3.05, 3.63) is 38.0 Å². The highest BCUT2D eigenvalue weighted by atomic mass is 32.1. The average Bonchev–Trinajstić information content (AvgIpc) is 3.14. The summed E-state index contributed by atoms with van der Waals surface area (Å²) in [6, 6.07) is 2.34. The molecule has 0 N–H and O–H groups in total. The maximum atomic E-state index is 12.8.